The van der Waals surface area contributed by atoms with Gasteiger partial charge in [0, 0.05) is 13.5 Å². The van der Waals surface area contributed by atoms with E-state index in [0.29, 0.717) is 12.8 Å². The Hall–Kier alpha value is -1.10. The van der Waals surface area contributed by atoms with Crippen molar-refractivity contribution in [2.45, 2.75) is 70.9 Å². The molecule has 0 aromatic carbocycles. The molecule has 0 spiro atoms. The average molecular weight is 272 g/mol. The van der Waals surface area contributed by atoms with E-state index in [1.54, 1.807) is 7.05 Å². The number of nitrogens with one attached hydrogen (secondary N) is 1. The molecule has 1 atom stereocenters. The van der Waals surface area contributed by atoms with Crippen LogP contribution in [-0.4, -0.2) is 30.6 Å². The Morgan fingerprint density at radius 1 is 1.16 bits per heavy atom. The second-order valence-electron chi connectivity index (χ2n) is 5.77. The highest BCUT2D eigenvalue weighted by Crippen LogP contribution is 2.11. The summed E-state index contributed by atoms with van der Waals surface area (Å²) in [5, 5.41) is 2.59. The molecular weight excluding hydrogens is 244 g/mol. The molecule has 0 radical (unpaired) electrons. The van der Waals surface area contributed by atoms with Crippen LogP contribution >= 0.6 is 0 Å². The van der Waals surface area contributed by atoms with Crippen LogP contribution < -0.4 is 11.1 Å². The molecule has 0 aliphatic heterocycles. The SMILES string of the molecule is CNC(=O)CCCCCCC(N)C(=O)OC(C)(C)C. The molecule has 0 fully saturated rings. The Labute approximate surface area is 116 Å². The first-order valence-corrected chi connectivity index (χ1v) is 6.95. The van der Waals surface area contributed by atoms with E-state index in [1.807, 2.05) is 20.8 Å². The molecule has 0 aromatic heterocycles. The molecule has 0 aliphatic rings. The van der Waals surface area contributed by atoms with Crippen LogP contribution in [0, 0.1) is 0 Å². The summed E-state index contributed by atoms with van der Waals surface area (Å²) in [5.74, 6) is -0.261. The van der Waals surface area contributed by atoms with Gasteiger partial charge in [0.2, 0.25) is 5.91 Å². The maximum absolute atomic E-state index is 11.6. The van der Waals surface area contributed by atoms with Gasteiger partial charge in [-0.3, -0.25) is 9.59 Å². The molecule has 0 saturated carbocycles. The van der Waals surface area contributed by atoms with Crippen LogP contribution in [0.2, 0.25) is 0 Å². The summed E-state index contributed by atoms with van der Waals surface area (Å²) in [7, 11) is 1.64. The Balaban J connectivity index is 3.61. The zero-order valence-electron chi connectivity index (χ0n) is 12.6. The number of hydrogen-bond acceptors (Lipinski definition) is 4. The predicted molar refractivity (Wildman–Crippen MR) is 75.6 cm³/mol. The lowest BCUT2D eigenvalue weighted by Crippen LogP contribution is -2.37. The monoisotopic (exact) mass is 272 g/mol. The Morgan fingerprint density at radius 3 is 2.26 bits per heavy atom. The minimum Gasteiger partial charge on any atom is -0.459 e. The molecule has 0 bridgehead atoms. The van der Waals surface area contributed by atoms with E-state index in [4.69, 9.17) is 10.5 Å². The first-order chi connectivity index (χ1) is 8.76. The standard InChI is InChI=1S/C14H28N2O3/c1-14(2,3)19-13(18)11(15)9-7-5-6-8-10-12(17)16-4/h11H,5-10,15H2,1-4H3,(H,16,17). The van der Waals surface area contributed by atoms with Crippen molar-refractivity contribution < 1.29 is 14.3 Å². The summed E-state index contributed by atoms with van der Waals surface area (Å²) in [6.07, 6.45) is 4.92. The van der Waals surface area contributed by atoms with E-state index < -0.39 is 11.6 Å². The number of ether oxygens (including phenoxy) is 1. The number of rotatable bonds is 8. The molecule has 112 valence electrons. The molecule has 0 rings (SSSR count). The van der Waals surface area contributed by atoms with Crippen LogP contribution in [0.15, 0.2) is 0 Å². The molecule has 5 nitrogen and oxygen atoms in total. The molecule has 0 heterocycles. The summed E-state index contributed by atoms with van der Waals surface area (Å²) < 4.78 is 5.21. The zero-order valence-corrected chi connectivity index (χ0v) is 12.6. The normalized spacial score (nSPS) is 12.9. The fourth-order valence-electron chi connectivity index (χ4n) is 1.62. The fourth-order valence-corrected chi connectivity index (χ4v) is 1.62. The summed E-state index contributed by atoms with van der Waals surface area (Å²) in [5.41, 5.74) is 5.29. The molecule has 3 N–H and O–H groups in total. The number of nitrogens with two attached hydrogens (primary N) is 1. The van der Waals surface area contributed by atoms with Crippen molar-refractivity contribution in [1.82, 2.24) is 5.32 Å². The molecule has 0 aliphatic carbocycles. The van der Waals surface area contributed by atoms with E-state index in [2.05, 4.69) is 5.32 Å². The molecule has 1 amide bonds. The van der Waals surface area contributed by atoms with Crippen LogP contribution in [0.1, 0.15) is 59.3 Å². The van der Waals surface area contributed by atoms with E-state index in [0.717, 1.165) is 25.7 Å². The Kier molecular flexibility index (Phi) is 8.39. The minimum absolute atomic E-state index is 0.0745. The van der Waals surface area contributed by atoms with Gasteiger partial charge in [-0.1, -0.05) is 19.3 Å². The van der Waals surface area contributed by atoms with Gasteiger partial charge in [0.1, 0.15) is 11.6 Å². The third-order valence-corrected chi connectivity index (χ3v) is 2.66. The maximum Gasteiger partial charge on any atom is 0.323 e. The van der Waals surface area contributed by atoms with Gasteiger partial charge in [0.05, 0.1) is 0 Å². The Morgan fingerprint density at radius 2 is 1.74 bits per heavy atom. The molecule has 5 heteroatoms. The van der Waals surface area contributed by atoms with Crippen molar-refractivity contribution in [1.29, 1.82) is 0 Å². The van der Waals surface area contributed by atoms with Crippen LogP contribution in [0.4, 0.5) is 0 Å². The maximum atomic E-state index is 11.6. The van der Waals surface area contributed by atoms with Crippen LogP contribution in [0.5, 0.6) is 0 Å². The highest BCUT2D eigenvalue weighted by Gasteiger charge is 2.21. The first-order valence-electron chi connectivity index (χ1n) is 6.95. The minimum atomic E-state index is -0.543. The quantitative estimate of drug-likeness (QED) is 0.521. The molecule has 0 aromatic rings. The van der Waals surface area contributed by atoms with Crippen molar-refractivity contribution in [2.24, 2.45) is 5.73 Å². The number of unbranched alkanes of at least 4 members (excludes halogenated alkanes) is 3. The van der Waals surface area contributed by atoms with Crippen molar-refractivity contribution >= 4 is 11.9 Å². The predicted octanol–water partition coefficient (Wildman–Crippen LogP) is 1.74. The average Bonchev–Trinajstić information content (AvgIpc) is 2.30. The molecule has 1 unspecified atom stereocenters. The van der Waals surface area contributed by atoms with Gasteiger partial charge in [0.15, 0.2) is 0 Å². The number of carbonyl (C=O) groups excluding carboxylic acids is 2. The van der Waals surface area contributed by atoms with Gasteiger partial charge in [-0.2, -0.15) is 0 Å². The Bertz CT molecular complexity index is 285. The van der Waals surface area contributed by atoms with Crippen LogP contribution in [0.3, 0.4) is 0 Å². The smallest absolute Gasteiger partial charge is 0.323 e. The number of carbonyl (C=O) groups is 2. The van der Waals surface area contributed by atoms with Gasteiger partial charge in [-0.15, -0.1) is 0 Å². The topological polar surface area (TPSA) is 81.4 Å². The zero-order chi connectivity index (χ0) is 14.9. The van der Waals surface area contributed by atoms with Crippen molar-refractivity contribution in [3.8, 4) is 0 Å². The number of amides is 1. The molecule has 0 saturated heterocycles. The van der Waals surface area contributed by atoms with Gasteiger partial charge >= 0.3 is 5.97 Å². The number of esters is 1. The van der Waals surface area contributed by atoms with Gasteiger partial charge in [-0.25, -0.2) is 0 Å². The lowest BCUT2D eigenvalue weighted by molar-refractivity contribution is -0.156. The third kappa shape index (κ3) is 10.5. The van der Waals surface area contributed by atoms with E-state index in [9.17, 15) is 9.59 Å². The van der Waals surface area contributed by atoms with Gasteiger partial charge in [0.25, 0.3) is 0 Å². The lowest BCUT2D eigenvalue weighted by Gasteiger charge is -2.22. The summed E-state index contributed by atoms with van der Waals surface area (Å²) >= 11 is 0. The lowest BCUT2D eigenvalue weighted by atomic mass is 10.1. The van der Waals surface area contributed by atoms with Crippen LogP contribution in [-0.2, 0) is 14.3 Å². The largest absolute Gasteiger partial charge is 0.459 e. The first kappa shape index (κ1) is 17.9. The highest BCUT2D eigenvalue weighted by atomic mass is 16.6. The van der Waals surface area contributed by atoms with E-state index >= 15 is 0 Å². The van der Waals surface area contributed by atoms with Crippen molar-refractivity contribution in [2.75, 3.05) is 7.05 Å². The van der Waals surface area contributed by atoms with Crippen molar-refractivity contribution in [3.63, 3.8) is 0 Å². The van der Waals surface area contributed by atoms with Gasteiger partial charge in [-0.05, 0) is 33.6 Å². The molecular formula is C14H28N2O3. The third-order valence-electron chi connectivity index (χ3n) is 2.66. The second kappa shape index (κ2) is 8.91. The van der Waals surface area contributed by atoms with E-state index in [1.165, 1.54) is 0 Å². The summed E-state index contributed by atoms with van der Waals surface area (Å²) in [6.45, 7) is 5.49. The highest BCUT2D eigenvalue weighted by molar-refractivity contribution is 5.76. The summed E-state index contributed by atoms with van der Waals surface area (Å²) in [6, 6.07) is -0.543. The van der Waals surface area contributed by atoms with Gasteiger partial charge < -0.3 is 15.8 Å². The number of hydrogen-bond donors (Lipinski definition) is 2. The second-order valence-corrected chi connectivity index (χ2v) is 5.77. The molecule has 19 heavy (non-hydrogen) atoms. The van der Waals surface area contributed by atoms with Crippen molar-refractivity contribution in [3.05, 3.63) is 0 Å². The van der Waals surface area contributed by atoms with Crippen LogP contribution in [0.25, 0.3) is 0 Å². The van der Waals surface area contributed by atoms with E-state index in [-0.39, 0.29) is 11.9 Å². The summed E-state index contributed by atoms with van der Waals surface area (Å²) in [4.78, 5) is 22.6. The fraction of sp³-hybridized carbons (Fsp3) is 0.857.